The summed E-state index contributed by atoms with van der Waals surface area (Å²) in [5.74, 6) is 2.72. The van der Waals surface area contributed by atoms with Gasteiger partial charge in [0.1, 0.15) is 5.01 Å². The van der Waals surface area contributed by atoms with E-state index in [1.165, 1.54) is 17.8 Å². The van der Waals surface area contributed by atoms with Gasteiger partial charge >= 0.3 is 0 Å². The fourth-order valence-corrected chi connectivity index (χ4v) is 2.65. The Balaban J connectivity index is 1.81. The van der Waals surface area contributed by atoms with Crippen LogP contribution >= 0.6 is 11.3 Å². The van der Waals surface area contributed by atoms with Crippen molar-refractivity contribution in [2.45, 2.75) is 45.3 Å². The molecule has 0 saturated heterocycles. The predicted octanol–water partition coefficient (Wildman–Crippen LogP) is 2.24. The summed E-state index contributed by atoms with van der Waals surface area (Å²) in [6.07, 6.45) is 9.16. The van der Waals surface area contributed by atoms with E-state index in [1.54, 1.807) is 11.3 Å². The molecule has 0 aliphatic heterocycles. The minimum atomic E-state index is 0.709. The van der Waals surface area contributed by atoms with Crippen LogP contribution in [0.3, 0.4) is 0 Å². The summed E-state index contributed by atoms with van der Waals surface area (Å²) in [5.41, 5.74) is 1.15. The molecule has 1 fully saturated rings. The van der Waals surface area contributed by atoms with Crippen molar-refractivity contribution in [2.75, 3.05) is 13.1 Å². The Morgan fingerprint density at radius 3 is 3.11 bits per heavy atom. The van der Waals surface area contributed by atoms with Gasteiger partial charge in [-0.1, -0.05) is 12.8 Å². The Hall–Kier alpha value is -0.890. The number of hydrogen-bond donors (Lipinski definition) is 1. The van der Waals surface area contributed by atoms with E-state index in [4.69, 9.17) is 6.42 Å². The fourth-order valence-electron chi connectivity index (χ4n) is 1.91. The highest BCUT2D eigenvalue weighted by atomic mass is 32.1. The van der Waals surface area contributed by atoms with Gasteiger partial charge in [-0.2, -0.15) is 0 Å². The Labute approximate surface area is 114 Å². The van der Waals surface area contributed by atoms with Crippen LogP contribution < -0.4 is 5.32 Å². The molecule has 1 N–H and O–H groups in total. The van der Waals surface area contributed by atoms with Gasteiger partial charge in [0, 0.05) is 24.5 Å². The Morgan fingerprint density at radius 1 is 1.61 bits per heavy atom. The van der Waals surface area contributed by atoms with Gasteiger partial charge in [0.15, 0.2) is 0 Å². The Kier molecular flexibility index (Phi) is 5.18. The van der Waals surface area contributed by atoms with Crippen molar-refractivity contribution in [2.24, 2.45) is 0 Å². The molecule has 1 heterocycles. The highest BCUT2D eigenvalue weighted by Crippen LogP contribution is 2.20. The third-order valence-corrected chi connectivity index (χ3v) is 3.86. The van der Waals surface area contributed by atoms with E-state index in [-0.39, 0.29) is 0 Å². The lowest BCUT2D eigenvalue weighted by Gasteiger charge is -2.17. The maximum absolute atomic E-state index is 5.39. The second kappa shape index (κ2) is 6.89. The van der Waals surface area contributed by atoms with E-state index in [2.05, 4.69) is 33.4 Å². The zero-order valence-corrected chi connectivity index (χ0v) is 11.8. The van der Waals surface area contributed by atoms with Crippen LogP contribution in [0.2, 0.25) is 0 Å². The number of nitrogens with zero attached hydrogens (tertiary/aromatic N) is 2. The van der Waals surface area contributed by atoms with Crippen molar-refractivity contribution in [3.8, 4) is 12.3 Å². The number of aromatic nitrogens is 1. The monoisotopic (exact) mass is 263 g/mol. The van der Waals surface area contributed by atoms with Crippen LogP contribution in [0, 0.1) is 12.3 Å². The van der Waals surface area contributed by atoms with Crippen molar-refractivity contribution in [1.29, 1.82) is 0 Å². The topological polar surface area (TPSA) is 28.2 Å². The van der Waals surface area contributed by atoms with Crippen LogP contribution in [-0.2, 0) is 13.1 Å². The van der Waals surface area contributed by atoms with Gasteiger partial charge in [0.05, 0.1) is 12.2 Å². The van der Waals surface area contributed by atoms with E-state index in [1.807, 2.05) is 0 Å². The normalized spacial score (nSPS) is 14.9. The van der Waals surface area contributed by atoms with Gasteiger partial charge < -0.3 is 5.32 Å². The average molecular weight is 263 g/mol. The molecule has 1 aromatic rings. The van der Waals surface area contributed by atoms with Gasteiger partial charge in [-0.15, -0.1) is 17.8 Å². The lowest BCUT2D eigenvalue weighted by molar-refractivity contribution is 0.296. The first kappa shape index (κ1) is 13.5. The van der Waals surface area contributed by atoms with Gasteiger partial charge in [0.2, 0.25) is 0 Å². The molecule has 0 amide bonds. The van der Waals surface area contributed by atoms with E-state index in [0.717, 1.165) is 37.8 Å². The maximum atomic E-state index is 5.39. The van der Waals surface area contributed by atoms with Crippen molar-refractivity contribution in [3.05, 3.63) is 16.1 Å². The lowest BCUT2D eigenvalue weighted by atomic mass is 10.3. The summed E-state index contributed by atoms with van der Waals surface area (Å²) in [6, 6.07) is 0.746. The van der Waals surface area contributed by atoms with Crippen LogP contribution in [0.4, 0.5) is 0 Å². The standard InChI is InChI=1S/C14H21N3S/c1-3-7-17(8-4-2)10-13-11-18-14(16-13)9-15-12-5-6-12/h1,11-12,15H,4-10H2,2H3. The van der Waals surface area contributed by atoms with E-state index < -0.39 is 0 Å². The number of thiazole rings is 1. The quantitative estimate of drug-likeness (QED) is 0.729. The smallest absolute Gasteiger partial charge is 0.107 e. The van der Waals surface area contributed by atoms with Gasteiger partial charge in [0.25, 0.3) is 0 Å². The van der Waals surface area contributed by atoms with Crippen molar-refractivity contribution in [3.63, 3.8) is 0 Å². The number of hydrogen-bond acceptors (Lipinski definition) is 4. The predicted molar refractivity (Wildman–Crippen MR) is 76.4 cm³/mol. The van der Waals surface area contributed by atoms with E-state index in [9.17, 15) is 0 Å². The second-order valence-corrected chi connectivity index (χ2v) is 5.75. The van der Waals surface area contributed by atoms with Crippen LogP contribution in [-0.4, -0.2) is 29.0 Å². The summed E-state index contributed by atoms with van der Waals surface area (Å²) in [5, 5.41) is 6.84. The fraction of sp³-hybridized carbons (Fsp3) is 0.643. The zero-order valence-electron chi connectivity index (χ0n) is 11.0. The van der Waals surface area contributed by atoms with Crippen LogP contribution in [0.25, 0.3) is 0 Å². The highest BCUT2D eigenvalue weighted by molar-refractivity contribution is 7.09. The second-order valence-electron chi connectivity index (χ2n) is 4.80. The molecule has 4 heteroatoms. The molecular weight excluding hydrogens is 242 g/mol. The molecular formula is C14H21N3S. The van der Waals surface area contributed by atoms with Crippen molar-refractivity contribution < 1.29 is 0 Å². The van der Waals surface area contributed by atoms with Crippen LogP contribution in [0.15, 0.2) is 5.38 Å². The number of rotatable bonds is 8. The molecule has 0 radical (unpaired) electrons. The molecule has 0 atom stereocenters. The lowest BCUT2D eigenvalue weighted by Crippen LogP contribution is -2.24. The molecule has 1 saturated carbocycles. The minimum Gasteiger partial charge on any atom is -0.308 e. The largest absolute Gasteiger partial charge is 0.308 e. The van der Waals surface area contributed by atoms with Gasteiger partial charge in [-0.05, 0) is 25.8 Å². The summed E-state index contributed by atoms with van der Waals surface area (Å²) in [4.78, 5) is 6.93. The molecule has 2 rings (SSSR count). The SMILES string of the molecule is C#CCN(CCC)Cc1csc(CNC2CC2)n1. The molecule has 0 aromatic carbocycles. The maximum Gasteiger partial charge on any atom is 0.107 e. The molecule has 0 unspecified atom stereocenters. The first-order valence-corrected chi connectivity index (χ1v) is 7.52. The first-order valence-electron chi connectivity index (χ1n) is 6.64. The van der Waals surface area contributed by atoms with E-state index >= 15 is 0 Å². The van der Waals surface area contributed by atoms with Crippen LogP contribution in [0.5, 0.6) is 0 Å². The summed E-state index contributed by atoms with van der Waals surface area (Å²) in [6.45, 7) is 5.71. The highest BCUT2D eigenvalue weighted by Gasteiger charge is 2.20. The van der Waals surface area contributed by atoms with E-state index in [0.29, 0.717) is 6.54 Å². The summed E-state index contributed by atoms with van der Waals surface area (Å²) >= 11 is 1.75. The molecule has 1 aliphatic carbocycles. The zero-order chi connectivity index (χ0) is 12.8. The number of nitrogens with one attached hydrogen (secondary N) is 1. The minimum absolute atomic E-state index is 0.709. The van der Waals surface area contributed by atoms with Gasteiger partial charge in [-0.3, -0.25) is 4.90 Å². The molecule has 0 spiro atoms. The molecule has 1 aliphatic rings. The number of terminal acetylenes is 1. The Morgan fingerprint density at radius 2 is 2.44 bits per heavy atom. The van der Waals surface area contributed by atoms with Gasteiger partial charge in [-0.25, -0.2) is 4.98 Å². The van der Waals surface area contributed by atoms with Crippen molar-refractivity contribution >= 4 is 11.3 Å². The molecule has 0 bridgehead atoms. The molecule has 18 heavy (non-hydrogen) atoms. The molecule has 3 nitrogen and oxygen atoms in total. The summed E-state index contributed by atoms with van der Waals surface area (Å²) < 4.78 is 0. The third-order valence-electron chi connectivity index (χ3n) is 2.96. The van der Waals surface area contributed by atoms with Crippen molar-refractivity contribution in [1.82, 2.24) is 15.2 Å². The molecule has 1 aromatic heterocycles. The third kappa shape index (κ3) is 4.41. The van der Waals surface area contributed by atoms with Crippen LogP contribution in [0.1, 0.15) is 36.9 Å². The molecule has 98 valence electrons. The average Bonchev–Trinajstić information content (AvgIpc) is 3.08. The summed E-state index contributed by atoms with van der Waals surface area (Å²) in [7, 11) is 0. The first-order chi connectivity index (χ1) is 8.81. The Bertz CT molecular complexity index is 403.